The quantitative estimate of drug-likeness (QED) is 0.759. The van der Waals surface area contributed by atoms with Gasteiger partial charge in [-0.3, -0.25) is 4.79 Å². The van der Waals surface area contributed by atoms with Gasteiger partial charge in [0.05, 0.1) is 11.0 Å². The summed E-state index contributed by atoms with van der Waals surface area (Å²) in [4.78, 5) is 13.4. The van der Waals surface area contributed by atoms with Crippen molar-refractivity contribution in [2.24, 2.45) is 28.1 Å². The van der Waals surface area contributed by atoms with Crippen LogP contribution in [-0.4, -0.2) is 22.3 Å². The number of esters is 1. The van der Waals surface area contributed by atoms with Crippen molar-refractivity contribution in [1.29, 1.82) is 0 Å². The highest BCUT2D eigenvalue weighted by atomic mass is 16.6. The van der Waals surface area contributed by atoms with Gasteiger partial charge in [-0.25, -0.2) is 0 Å². The Bertz CT molecular complexity index is 540. The molecule has 138 valence electrons. The predicted octanol–water partition coefficient (Wildman–Crippen LogP) is 4.71. The minimum Gasteiger partial charge on any atom is -0.458 e. The average Bonchev–Trinajstić information content (AvgIpc) is 2.66. The highest BCUT2D eigenvalue weighted by molar-refractivity contribution is 5.78. The van der Waals surface area contributed by atoms with Crippen LogP contribution in [0.3, 0.4) is 0 Å². The largest absolute Gasteiger partial charge is 0.458 e. The molecule has 0 aliphatic heterocycles. The molecule has 0 saturated heterocycles. The SMILES string of the molecule is CC(C)(C)CC(C)(C(=O)OC12CC3CC1CC(O)(C3)C2)C(C)(C)C. The van der Waals surface area contributed by atoms with Gasteiger partial charge in [0.1, 0.15) is 5.60 Å². The third-order valence-corrected chi connectivity index (χ3v) is 7.21. The lowest BCUT2D eigenvalue weighted by Gasteiger charge is -2.46. The Labute approximate surface area is 147 Å². The average molecular weight is 337 g/mol. The topological polar surface area (TPSA) is 46.5 Å². The standard InChI is InChI=1S/C21H36O3/c1-17(2,3)12-19(7,18(4,5)6)16(22)24-21-10-14-8-15(21)11-20(23,9-14)13-21/h14-15,23H,8-13H2,1-7H3. The molecule has 4 bridgehead atoms. The highest BCUT2D eigenvalue weighted by Crippen LogP contribution is 2.64. The van der Waals surface area contributed by atoms with Crippen molar-refractivity contribution in [2.45, 2.75) is 98.2 Å². The molecule has 24 heavy (non-hydrogen) atoms. The molecule has 4 aliphatic carbocycles. The smallest absolute Gasteiger partial charge is 0.312 e. The van der Waals surface area contributed by atoms with Gasteiger partial charge >= 0.3 is 5.97 Å². The maximum atomic E-state index is 13.4. The Morgan fingerprint density at radius 3 is 2.21 bits per heavy atom. The van der Waals surface area contributed by atoms with E-state index in [0.29, 0.717) is 18.3 Å². The number of rotatable bonds is 3. The molecule has 0 aromatic rings. The van der Waals surface area contributed by atoms with Crippen LogP contribution in [0.25, 0.3) is 0 Å². The lowest BCUT2D eigenvalue weighted by molar-refractivity contribution is -0.186. The second-order valence-corrected chi connectivity index (χ2v) is 11.6. The molecule has 0 heterocycles. The first-order valence-electron chi connectivity index (χ1n) is 9.64. The van der Waals surface area contributed by atoms with Gasteiger partial charge in [-0.1, -0.05) is 41.5 Å². The molecule has 0 amide bonds. The van der Waals surface area contributed by atoms with Crippen molar-refractivity contribution >= 4 is 5.97 Å². The third-order valence-electron chi connectivity index (χ3n) is 7.21. The second-order valence-electron chi connectivity index (χ2n) is 11.6. The highest BCUT2D eigenvalue weighted by Gasteiger charge is 2.66. The summed E-state index contributed by atoms with van der Waals surface area (Å²) in [6.07, 6.45) is 5.27. The van der Waals surface area contributed by atoms with Crippen LogP contribution in [0.4, 0.5) is 0 Å². The molecular weight excluding hydrogens is 300 g/mol. The maximum Gasteiger partial charge on any atom is 0.312 e. The van der Waals surface area contributed by atoms with Crippen LogP contribution in [0.2, 0.25) is 0 Å². The molecule has 4 aliphatic rings. The third kappa shape index (κ3) is 2.81. The van der Waals surface area contributed by atoms with E-state index in [2.05, 4.69) is 48.5 Å². The number of aliphatic hydroxyl groups is 1. The fourth-order valence-corrected chi connectivity index (χ4v) is 5.94. The van der Waals surface area contributed by atoms with Crippen LogP contribution in [-0.2, 0) is 9.53 Å². The fraction of sp³-hybridized carbons (Fsp3) is 0.952. The zero-order chi connectivity index (χ0) is 18.2. The van der Waals surface area contributed by atoms with Crippen LogP contribution >= 0.6 is 0 Å². The van der Waals surface area contributed by atoms with E-state index in [1.807, 2.05) is 0 Å². The maximum absolute atomic E-state index is 13.4. The Morgan fingerprint density at radius 2 is 1.71 bits per heavy atom. The van der Waals surface area contributed by atoms with E-state index in [9.17, 15) is 9.90 Å². The van der Waals surface area contributed by atoms with E-state index < -0.39 is 11.0 Å². The van der Waals surface area contributed by atoms with Crippen LogP contribution in [0, 0.1) is 28.1 Å². The molecule has 0 aromatic carbocycles. The fourth-order valence-electron chi connectivity index (χ4n) is 5.94. The first-order chi connectivity index (χ1) is 10.7. The number of hydrogen-bond donors (Lipinski definition) is 1. The zero-order valence-corrected chi connectivity index (χ0v) is 16.7. The van der Waals surface area contributed by atoms with Gasteiger partial charge in [0.2, 0.25) is 0 Å². The van der Waals surface area contributed by atoms with E-state index in [1.54, 1.807) is 0 Å². The minimum atomic E-state index is -0.575. The molecule has 3 nitrogen and oxygen atoms in total. The molecule has 4 saturated carbocycles. The van der Waals surface area contributed by atoms with Gasteiger partial charge in [0, 0.05) is 12.3 Å². The Balaban J connectivity index is 1.85. The minimum absolute atomic E-state index is 0.0540. The summed E-state index contributed by atoms with van der Waals surface area (Å²) in [6.45, 7) is 15.1. The van der Waals surface area contributed by atoms with Crippen LogP contribution in [0.15, 0.2) is 0 Å². The molecule has 3 heteroatoms. The van der Waals surface area contributed by atoms with Crippen molar-refractivity contribution < 1.29 is 14.6 Å². The first kappa shape index (κ1) is 18.2. The molecule has 0 aromatic heterocycles. The van der Waals surface area contributed by atoms with Crippen molar-refractivity contribution in [2.75, 3.05) is 0 Å². The van der Waals surface area contributed by atoms with Crippen molar-refractivity contribution in [3.05, 3.63) is 0 Å². The number of ether oxygens (including phenoxy) is 1. The summed E-state index contributed by atoms with van der Waals surface area (Å²) in [7, 11) is 0. The van der Waals surface area contributed by atoms with Crippen LogP contribution in [0.5, 0.6) is 0 Å². The van der Waals surface area contributed by atoms with Crippen molar-refractivity contribution in [3.63, 3.8) is 0 Å². The zero-order valence-electron chi connectivity index (χ0n) is 16.7. The predicted molar refractivity (Wildman–Crippen MR) is 95.5 cm³/mol. The lowest BCUT2D eigenvalue weighted by atomic mass is 9.61. The van der Waals surface area contributed by atoms with Gasteiger partial charge in [0.25, 0.3) is 0 Å². The monoisotopic (exact) mass is 336 g/mol. The van der Waals surface area contributed by atoms with Crippen LogP contribution < -0.4 is 0 Å². The van der Waals surface area contributed by atoms with Gasteiger partial charge in [-0.2, -0.15) is 0 Å². The first-order valence-corrected chi connectivity index (χ1v) is 9.64. The summed E-state index contributed by atoms with van der Waals surface area (Å²) < 4.78 is 6.33. The van der Waals surface area contributed by atoms with E-state index >= 15 is 0 Å². The van der Waals surface area contributed by atoms with Crippen molar-refractivity contribution in [3.8, 4) is 0 Å². The molecule has 5 unspecified atom stereocenters. The summed E-state index contributed by atoms with van der Waals surface area (Å²) in [6, 6.07) is 0. The molecule has 0 spiro atoms. The molecule has 1 N–H and O–H groups in total. The summed E-state index contributed by atoms with van der Waals surface area (Å²) in [5.74, 6) is 0.851. The summed E-state index contributed by atoms with van der Waals surface area (Å²) in [5.41, 5.74) is -1.60. The summed E-state index contributed by atoms with van der Waals surface area (Å²) >= 11 is 0. The van der Waals surface area contributed by atoms with Gasteiger partial charge in [-0.15, -0.1) is 0 Å². The number of carbonyl (C=O) groups is 1. The lowest BCUT2D eigenvalue weighted by Crippen LogP contribution is -2.49. The van der Waals surface area contributed by atoms with E-state index in [4.69, 9.17) is 4.74 Å². The number of carbonyl (C=O) groups excluding carboxylic acids is 1. The Kier molecular flexibility index (Phi) is 3.79. The number of hydrogen-bond acceptors (Lipinski definition) is 3. The van der Waals surface area contributed by atoms with E-state index in [1.165, 1.54) is 0 Å². The molecular formula is C21H36O3. The normalized spacial score (nSPS) is 40.7. The molecule has 5 atom stereocenters. The van der Waals surface area contributed by atoms with Gasteiger partial charge in [0.15, 0.2) is 0 Å². The van der Waals surface area contributed by atoms with Crippen LogP contribution in [0.1, 0.15) is 87.0 Å². The summed E-state index contributed by atoms with van der Waals surface area (Å²) in [5, 5.41) is 10.8. The van der Waals surface area contributed by atoms with Gasteiger partial charge < -0.3 is 9.84 Å². The molecule has 0 radical (unpaired) electrons. The molecule has 4 rings (SSSR count). The second kappa shape index (κ2) is 4.99. The Morgan fingerprint density at radius 1 is 1.08 bits per heavy atom. The molecule has 4 fully saturated rings. The van der Waals surface area contributed by atoms with Gasteiger partial charge in [-0.05, 0) is 55.8 Å². The van der Waals surface area contributed by atoms with E-state index in [0.717, 1.165) is 32.1 Å². The van der Waals surface area contributed by atoms with Crippen molar-refractivity contribution in [1.82, 2.24) is 0 Å². The van der Waals surface area contributed by atoms with E-state index in [-0.39, 0.29) is 22.4 Å². The Hall–Kier alpha value is -0.570.